The lowest BCUT2D eigenvalue weighted by Crippen LogP contribution is -2.44. The summed E-state index contributed by atoms with van der Waals surface area (Å²) in [7, 11) is 1.26. The zero-order valence-electron chi connectivity index (χ0n) is 19.7. The Morgan fingerprint density at radius 2 is 1.75 bits per heavy atom. The van der Waals surface area contributed by atoms with Crippen LogP contribution in [0.1, 0.15) is 11.3 Å². The SMILES string of the molecule is COC(=O)C(Cc1ccccc1)NC(=O)COc1ccc2c(=O)c(-c3ccc(F)cc3)c(C)oc2c1. The highest BCUT2D eigenvalue weighted by Crippen LogP contribution is 2.26. The molecule has 1 aromatic heterocycles. The van der Waals surface area contributed by atoms with Gasteiger partial charge in [0.2, 0.25) is 5.43 Å². The summed E-state index contributed by atoms with van der Waals surface area (Å²) in [5.74, 6) is -0.786. The number of halogens is 1. The van der Waals surface area contributed by atoms with Gasteiger partial charge < -0.3 is 19.2 Å². The number of fused-ring (bicyclic) bond motifs is 1. The van der Waals surface area contributed by atoms with Gasteiger partial charge in [0, 0.05) is 12.5 Å². The van der Waals surface area contributed by atoms with Gasteiger partial charge >= 0.3 is 5.97 Å². The predicted molar refractivity (Wildman–Crippen MR) is 132 cm³/mol. The first kappa shape index (κ1) is 24.7. The van der Waals surface area contributed by atoms with Gasteiger partial charge in [-0.05, 0) is 42.3 Å². The van der Waals surface area contributed by atoms with Crippen LogP contribution in [0, 0.1) is 12.7 Å². The van der Waals surface area contributed by atoms with Gasteiger partial charge in [0.05, 0.1) is 18.1 Å². The van der Waals surface area contributed by atoms with Gasteiger partial charge in [0.1, 0.15) is 29.0 Å². The van der Waals surface area contributed by atoms with Crippen LogP contribution in [0.3, 0.4) is 0 Å². The first-order valence-electron chi connectivity index (χ1n) is 11.2. The van der Waals surface area contributed by atoms with Gasteiger partial charge in [0.15, 0.2) is 6.61 Å². The third-order valence-corrected chi connectivity index (χ3v) is 5.65. The molecule has 184 valence electrons. The number of carbonyl (C=O) groups excluding carboxylic acids is 2. The number of hydrogen-bond acceptors (Lipinski definition) is 6. The van der Waals surface area contributed by atoms with Crippen LogP contribution in [0.4, 0.5) is 4.39 Å². The molecular weight excluding hydrogens is 465 g/mol. The Kier molecular flexibility index (Phi) is 7.44. The van der Waals surface area contributed by atoms with Crippen LogP contribution in [0.5, 0.6) is 5.75 Å². The van der Waals surface area contributed by atoms with E-state index in [0.29, 0.717) is 28.0 Å². The molecule has 0 aliphatic rings. The van der Waals surface area contributed by atoms with E-state index in [1.165, 1.54) is 37.4 Å². The van der Waals surface area contributed by atoms with E-state index >= 15 is 0 Å². The topological polar surface area (TPSA) is 94.8 Å². The molecule has 0 fully saturated rings. The normalized spacial score (nSPS) is 11.6. The van der Waals surface area contributed by atoms with Crippen LogP contribution in [0.2, 0.25) is 0 Å². The molecular formula is C28H24FNO6. The molecule has 36 heavy (non-hydrogen) atoms. The average Bonchev–Trinajstić information content (AvgIpc) is 2.88. The second-order valence-electron chi connectivity index (χ2n) is 8.15. The molecule has 1 atom stereocenters. The summed E-state index contributed by atoms with van der Waals surface area (Å²) in [5.41, 5.74) is 1.80. The summed E-state index contributed by atoms with van der Waals surface area (Å²) < 4.78 is 29.5. The van der Waals surface area contributed by atoms with Crippen LogP contribution in [-0.2, 0) is 20.7 Å². The summed E-state index contributed by atoms with van der Waals surface area (Å²) in [6.07, 6.45) is 0.274. The molecule has 8 heteroatoms. The van der Waals surface area contributed by atoms with Crippen molar-refractivity contribution in [1.29, 1.82) is 0 Å². The number of nitrogens with one attached hydrogen (secondary N) is 1. The molecule has 0 spiro atoms. The number of rotatable bonds is 8. The Morgan fingerprint density at radius 1 is 1.03 bits per heavy atom. The summed E-state index contributed by atoms with van der Waals surface area (Å²) in [4.78, 5) is 37.7. The Bertz CT molecular complexity index is 1450. The van der Waals surface area contributed by atoms with E-state index in [1.54, 1.807) is 19.1 Å². The molecule has 0 aliphatic heterocycles. The average molecular weight is 489 g/mol. The minimum absolute atomic E-state index is 0.258. The lowest BCUT2D eigenvalue weighted by atomic mass is 10.0. The first-order valence-corrected chi connectivity index (χ1v) is 11.2. The minimum atomic E-state index is -0.865. The zero-order valence-corrected chi connectivity index (χ0v) is 19.7. The molecule has 4 rings (SSSR count). The standard InChI is InChI=1S/C28H24FNO6/c1-17-26(19-8-10-20(29)11-9-19)27(32)22-13-12-21(15-24(22)36-17)35-16-25(31)30-23(28(33)34-2)14-18-6-4-3-5-7-18/h3-13,15,23H,14,16H2,1-2H3,(H,30,31). The fraction of sp³-hybridized carbons (Fsp3) is 0.179. The maximum Gasteiger partial charge on any atom is 0.328 e. The van der Waals surface area contributed by atoms with Crippen LogP contribution in [0.25, 0.3) is 22.1 Å². The van der Waals surface area contributed by atoms with Crippen molar-refractivity contribution in [3.63, 3.8) is 0 Å². The lowest BCUT2D eigenvalue weighted by Gasteiger charge is -2.17. The van der Waals surface area contributed by atoms with Crippen LogP contribution in [0.15, 0.2) is 82.0 Å². The van der Waals surface area contributed by atoms with Crippen molar-refractivity contribution in [1.82, 2.24) is 5.32 Å². The maximum absolute atomic E-state index is 13.3. The Morgan fingerprint density at radius 3 is 2.44 bits per heavy atom. The summed E-state index contributed by atoms with van der Waals surface area (Å²) in [6, 6.07) is 18.6. The van der Waals surface area contributed by atoms with Gasteiger partial charge in [-0.2, -0.15) is 0 Å². The van der Waals surface area contributed by atoms with Gasteiger partial charge in [0.25, 0.3) is 5.91 Å². The van der Waals surface area contributed by atoms with Gasteiger partial charge in [-0.15, -0.1) is 0 Å². The van der Waals surface area contributed by atoms with Gasteiger partial charge in [-0.25, -0.2) is 9.18 Å². The highest BCUT2D eigenvalue weighted by atomic mass is 19.1. The van der Waals surface area contributed by atoms with E-state index in [9.17, 15) is 18.8 Å². The monoisotopic (exact) mass is 489 g/mol. The number of carbonyl (C=O) groups is 2. The molecule has 3 aromatic carbocycles. The highest BCUT2D eigenvalue weighted by molar-refractivity contribution is 5.86. The quantitative estimate of drug-likeness (QED) is 0.373. The molecule has 1 unspecified atom stereocenters. The van der Waals surface area contributed by atoms with Crippen LogP contribution < -0.4 is 15.5 Å². The minimum Gasteiger partial charge on any atom is -0.484 e. The van der Waals surface area contributed by atoms with Crippen molar-refractivity contribution in [2.75, 3.05) is 13.7 Å². The first-order chi connectivity index (χ1) is 17.4. The number of esters is 1. The van der Waals surface area contributed by atoms with Gasteiger partial charge in [-0.1, -0.05) is 42.5 Å². The Labute approximate surface area is 206 Å². The van der Waals surface area contributed by atoms with E-state index in [2.05, 4.69) is 5.32 Å². The summed E-state index contributed by atoms with van der Waals surface area (Å²) >= 11 is 0. The third-order valence-electron chi connectivity index (χ3n) is 5.65. The van der Waals surface area contributed by atoms with E-state index in [0.717, 1.165) is 5.56 Å². The predicted octanol–water partition coefficient (Wildman–Crippen LogP) is 4.19. The number of ether oxygens (including phenoxy) is 2. The summed E-state index contributed by atoms with van der Waals surface area (Å²) in [6.45, 7) is 1.30. The third kappa shape index (κ3) is 5.60. The molecule has 0 aliphatic carbocycles. The Hall–Kier alpha value is -4.46. The molecule has 0 bridgehead atoms. The van der Waals surface area contributed by atoms with E-state index in [-0.39, 0.29) is 24.0 Å². The number of amides is 1. The second kappa shape index (κ2) is 10.9. The summed E-state index contributed by atoms with van der Waals surface area (Å²) in [5, 5.41) is 2.96. The molecule has 7 nitrogen and oxygen atoms in total. The van der Waals surface area contributed by atoms with E-state index in [1.807, 2.05) is 30.3 Å². The highest BCUT2D eigenvalue weighted by Gasteiger charge is 2.22. The number of benzene rings is 3. The molecule has 1 N–H and O–H groups in total. The fourth-order valence-electron chi connectivity index (χ4n) is 3.90. The fourth-order valence-corrected chi connectivity index (χ4v) is 3.90. The number of methoxy groups -OCH3 is 1. The molecule has 1 amide bonds. The zero-order chi connectivity index (χ0) is 25.7. The number of aryl methyl sites for hydroxylation is 1. The largest absolute Gasteiger partial charge is 0.484 e. The molecule has 4 aromatic rings. The van der Waals surface area contributed by atoms with Crippen LogP contribution >= 0.6 is 0 Å². The van der Waals surface area contributed by atoms with Gasteiger partial charge in [-0.3, -0.25) is 9.59 Å². The van der Waals surface area contributed by atoms with Crippen molar-refractivity contribution in [3.05, 3.63) is 100 Å². The van der Waals surface area contributed by atoms with Crippen LogP contribution in [-0.4, -0.2) is 31.6 Å². The van der Waals surface area contributed by atoms with Crippen molar-refractivity contribution >= 4 is 22.8 Å². The van der Waals surface area contributed by atoms with E-state index < -0.39 is 23.7 Å². The lowest BCUT2D eigenvalue weighted by molar-refractivity contribution is -0.145. The molecule has 1 heterocycles. The second-order valence-corrected chi connectivity index (χ2v) is 8.15. The number of hydrogen-bond donors (Lipinski definition) is 1. The van der Waals surface area contributed by atoms with Crippen molar-refractivity contribution in [3.8, 4) is 16.9 Å². The molecule has 0 saturated heterocycles. The van der Waals surface area contributed by atoms with Crippen molar-refractivity contribution in [2.45, 2.75) is 19.4 Å². The smallest absolute Gasteiger partial charge is 0.328 e. The van der Waals surface area contributed by atoms with Crippen molar-refractivity contribution in [2.24, 2.45) is 0 Å². The van der Waals surface area contributed by atoms with Crippen molar-refractivity contribution < 1.29 is 27.9 Å². The molecule has 0 radical (unpaired) electrons. The van der Waals surface area contributed by atoms with E-state index in [4.69, 9.17) is 13.9 Å². The Balaban J connectivity index is 1.47. The molecule has 0 saturated carbocycles. The maximum atomic E-state index is 13.3.